The lowest BCUT2D eigenvalue weighted by Gasteiger charge is -2.09. The van der Waals surface area contributed by atoms with E-state index in [1.54, 1.807) is 0 Å². The van der Waals surface area contributed by atoms with E-state index in [1.807, 2.05) is 12.1 Å². The van der Waals surface area contributed by atoms with Crippen LogP contribution in [0.2, 0.25) is 0 Å². The molecule has 0 bridgehead atoms. The number of allylic oxidation sites excluding steroid dienone is 1. The first-order valence-corrected chi connectivity index (χ1v) is 4.95. The number of rotatable bonds is 3. The van der Waals surface area contributed by atoms with Gasteiger partial charge in [0.1, 0.15) is 0 Å². The Balaban J connectivity index is 2.93. The zero-order valence-corrected chi connectivity index (χ0v) is 8.84. The normalized spacial score (nSPS) is 12.5. The van der Waals surface area contributed by atoms with Gasteiger partial charge in [-0.25, -0.2) is 0 Å². The third kappa shape index (κ3) is 2.21. The molecule has 1 heteroatoms. The lowest BCUT2D eigenvalue weighted by molar-refractivity contribution is 0.807. The minimum Gasteiger partial charge on any atom is -0.102 e. The highest BCUT2D eigenvalue weighted by atomic mass is 79.9. The number of hydrogen-bond donors (Lipinski definition) is 0. The highest BCUT2D eigenvalue weighted by molar-refractivity contribution is 9.10. The molecule has 0 radical (unpaired) electrons. The van der Waals surface area contributed by atoms with Crippen molar-refractivity contribution in [1.82, 2.24) is 0 Å². The largest absolute Gasteiger partial charge is 0.102 e. The molecular formula is C11H13Br. The minimum atomic E-state index is 0.488. The van der Waals surface area contributed by atoms with Gasteiger partial charge in [0.25, 0.3) is 0 Å². The van der Waals surface area contributed by atoms with E-state index < -0.39 is 0 Å². The van der Waals surface area contributed by atoms with Crippen molar-refractivity contribution in [2.45, 2.75) is 19.3 Å². The maximum absolute atomic E-state index is 3.82. The topological polar surface area (TPSA) is 0 Å². The fourth-order valence-electron chi connectivity index (χ4n) is 1.28. The Morgan fingerprint density at radius 3 is 2.83 bits per heavy atom. The molecule has 0 aliphatic carbocycles. The quantitative estimate of drug-likeness (QED) is 0.678. The van der Waals surface area contributed by atoms with Gasteiger partial charge >= 0.3 is 0 Å². The Kier molecular flexibility index (Phi) is 3.54. The molecule has 1 unspecified atom stereocenters. The second-order valence-corrected chi connectivity index (χ2v) is 3.72. The van der Waals surface area contributed by atoms with Crippen molar-refractivity contribution in [1.29, 1.82) is 0 Å². The van der Waals surface area contributed by atoms with Crippen LogP contribution in [0.1, 0.15) is 24.8 Å². The van der Waals surface area contributed by atoms with E-state index in [1.165, 1.54) is 5.56 Å². The van der Waals surface area contributed by atoms with Crippen molar-refractivity contribution in [3.05, 3.63) is 47.0 Å². The fraction of sp³-hybridized carbons (Fsp3) is 0.273. The van der Waals surface area contributed by atoms with Crippen LogP contribution in [0.15, 0.2) is 41.4 Å². The molecule has 1 aromatic carbocycles. The van der Waals surface area contributed by atoms with Gasteiger partial charge in [0.15, 0.2) is 0 Å². The Hall–Kier alpha value is -0.560. The summed E-state index contributed by atoms with van der Waals surface area (Å²) in [6.07, 6.45) is 3.11. The molecule has 0 nitrogen and oxygen atoms in total. The minimum absolute atomic E-state index is 0.488. The van der Waals surface area contributed by atoms with Crippen LogP contribution in [-0.2, 0) is 0 Å². The Labute approximate surface area is 82.4 Å². The molecule has 0 amide bonds. The monoisotopic (exact) mass is 224 g/mol. The van der Waals surface area contributed by atoms with Gasteiger partial charge in [-0.1, -0.05) is 41.1 Å². The molecule has 0 heterocycles. The summed E-state index contributed by atoms with van der Waals surface area (Å²) in [6, 6.07) is 8.39. The van der Waals surface area contributed by atoms with Crippen LogP contribution in [0.5, 0.6) is 0 Å². The van der Waals surface area contributed by atoms with Crippen molar-refractivity contribution in [2.75, 3.05) is 0 Å². The average Bonchev–Trinajstić information content (AvgIpc) is 2.07. The van der Waals surface area contributed by atoms with Crippen molar-refractivity contribution in [2.24, 2.45) is 0 Å². The summed E-state index contributed by atoms with van der Waals surface area (Å²) in [4.78, 5) is 0. The van der Waals surface area contributed by atoms with Crippen LogP contribution in [0.4, 0.5) is 0 Å². The second-order valence-electron chi connectivity index (χ2n) is 2.81. The van der Waals surface area contributed by atoms with Crippen molar-refractivity contribution < 1.29 is 0 Å². The molecule has 12 heavy (non-hydrogen) atoms. The molecule has 0 aliphatic rings. The van der Waals surface area contributed by atoms with Gasteiger partial charge in [0, 0.05) is 10.4 Å². The van der Waals surface area contributed by atoms with E-state index in [0.717, 1.165) is 10.9 Å². The van der Waals surface area contributed by atoms with E-state index >= 15 is 0 Å². The summed E-state index contributed by atoms with van der Waals surface area (Å²) in [7, 11) is 0. The summed E-state index contributed by atoms with van der Waals surface area (Å²) in [5.41, 5.74) is 1.34. The van der Waals surface area contributed by atoms with E-state index in [0.29, 0.717) is 5.92 Å². The number of hydrogen-bond acceptors (Lipinski definition) is 0. The maximum atomic E-state index is 3.82. The first-order chi connectivity index (χ1) is 5.77. The van der Waals surface area contributed by atoms with Crippen LogP contribution in [0, 0.1) is 0 Å². The molecule has 0 saturated carbocycles. The first-order valence-electron chi connectivity index (χ1n) is 4.16. The van der Waals surface area contributed by atoms with Gasteiger partial charge in [-0.15, -0.1) is 6.58 Å². The molecule has 0 N–H and O–H groups in total. The van der Waals surface area contributed by atoms with Crippen LogP contribution >= 0.6 is 15.9 Å². The van der Waals surface area contributed by atoms with Gasteiger partial charge in [0.2, 0.25) is 0 Å². The maximum Gasteiger partial charge on any atom is 0.0178 e. The third-order valence-corrected chi connectivity index (χ3v) is 2.49. The van der Waals surface area contributed by atoms with Crippen molar-refractivity contribution >= 4 is 15.9 Å². The van der Waals surface area contributed by atoms with Gasteiger partial charge < -0.3 is 0 Å². The lowest BCUT2D eigenvalue weighted by atomic mass is 9.97. The summed E-state index contributed by atoms with van der Waals surface area (Å²) >= 11 is 3.45. The molecule has 1 aromatic rings. The molecule has 0 spiro atoms. The summed E-state index contributed by atoms with van der Waals surface area (Å²) in [5.74, 6) is 0.488. The van der Waals surface area contributed by atoms with E-state index in [9.17, 15) is 0 Å². The van der Waals surface area contributed by atoms with Crippen LogP contribution in [-0.4, -0.2) is 0 Å². The standard InChI is InChI=1S/C11H13Br/c1-3-9(4-2)10-6-5-7-11(12)8-10/h3,5-9H,1,4H2,2H3. The fourth-order valence-corrected chi connectivity index (χ4v) is 1.69. The predicted molar refractivity (Wildman–Crippen MR) is 57.4 cm³/mol. The summed E-state index contributed by atoms with van der Waals surface area (Å²) < 4.78 is 1.14. The highest BCUT2D eigenvalue weighted by Gasteiger charge is 2.03. The van der Waals surface area contributed by atoms with Gasteiger partial charge in [-0.3, -0.25) is 0 Å². The van der Waals surface area contributed by atoms with Crippen molar-refractivity contribution in [3.63, 3.8) is 0 Å². The van der Waals surface area contributed by atoms with Gasteiger partial charge in [-0.05, 0) is 24.1 Å². The summed E-state index contributed by atoms with van der Waals surface area (Å²) in [6.45, 7) is 6.00. The molecule has 0 aliphatic heterocycles. The molecule has 0 aromatic heterocycles. The molecule has 1 atom stereocenters. The zero-order valence-electron chi connectivity index (χ0n) is 7.26. The van der Waals surface area contributed by atoms with Crippen LogP contribution in [0.25, 0.3) is 0 Å². The second kappa shape index (κ2) is 4.46. The van der Waals surface area contributed by atoms with Gasteiger partial charge in [0.05, 0.1) is 0 Å². The summed E-state index contributed by atoms with van der Waals surface area (Å²) in [5, 5.41) is 0. The molecular weight excluding hydrogens is 212 g/mol. The number of benzene rings is 1. The molecule has 0 saturated heterocycles. The SMILES string of the molecule is C=CC(CC)c1cccc(Br)c1. The molecule has 1 rings (SSSR count). The highest BCUT2D eigenvalue weighted by Crippen LogP contribution is 2.23. The first kappa shape index (κ1) is 9.53. The molecule has 0 fully saturated rings. The van der Waals surface area contributed by atoms with E-state index in [-0.39, 0.29) is 0 Å². The van der Waals surface area contributed by atoms with Crippen molar-refractivity contribution in [3.8, 4) is 0 Å². The number of halogens is 1. The van der Waals surface area contributed by atoms with E-state index in [2.05, 4.69) is 47.6 Å². The van der Waals surface area contributed by atoms with Crippen LogP contribution in [0.3, 0.4) is 0 Å². The molecule has 64 valence electrons. The lowest BCUT2D eigenvalue weighted by Crippen LogP contribution is -1.91. The Morgan fingerprint density at radius 2 is 2.33 bits per heavy atom. The Morgan fingerprint density at radius 1 is 1.58 bits per heavy atom. The smallest absolute Gasteiger partial charge is 0.0178 e. The average molecular weight is 225 g/mol. The van der Waals surface area contributed by atoms with Gasteiger partial charge in [-0.2, -0.15) is 0 Å². The third-order valence-electron chi connectivity index (χ3n) is 2.00. The van der Waals surface area contributed by atoms with E-state index in [4.69, 9.17) is 0 Å². The predicted octanol–water partition coefficient (Wildman–Crippen LogP) is 4.13. The zero-order chi connectivity index (χ0) is 8.97. The Bertz CT molecular complexity index is 265. The van der Waals surface area contributed by atoms with Crippen LogP contribution < -0.4 is 0 Å².